The molecule has 2 aromatic heterocycles. The lowest BCUT2D eigenvalue weighted by atomic mass is 10.2. The van der Waals surface area contributed by atoms with Crippen molar-refractivity contribution in [3.63, 3.8) is 0 Å². The Morgan fingerprint density at radius 3 is 2.55 bits per heavy atom. The second-order valence-corrected chi connectivity index (χ2v) is 6.85. The predicted octanol–water partition coefficient (Wildman–Crippen LogP) is 3.16. The molecule has 8 nitrogen and oxygen atoms in total. The third kappa shape index (κ3) is 5.26. The van der Waals surface area contributed by atoms with Gasteiger partial charge >= 0.3 is 0 Å². The van der Waals surface area contributed by atoms with Crippen molar-refractivity contribution in [2.75, 3.05) is 19.8 Å². The fourth-order valence-electron chi connectivity index (χ4n) is 2.70. The van der Waals surface area contributed by atoms with Gasteiger partial charge in [-0.15, -0.1) is 15.3 Å². The number of hydrogen-bond acceptors (Lipinski definition) is 6. The highest BCUT2D eigenvalue weighted by molar-refractivity contribution is 6.30. The molecule has 2 heterocycles. The SMILES string of the molecule is O=C(COc1ccc(Cl)cc1)NCCOc1ccc2nnc(-c3ccc(F)cc3)n2n1. The maximum absolute atomic E-state index is 13.2. The van der Waals surface area contributed by atoms with Crippen LogP contribution in [0.3, 0.4) is 0 Å². The summed E-state index contributed by atoms with van der Waals surface area (Å²) in [5.74, 6) is 0.740. The van der Waals surface area contributed by atoms with Crippen LogP contribution in [0.1, 0.15) is 0 Å². The van der Waals surface area contributed by atoms with Crippen LogP contribution in [0.15, 0.2) is 60.7 Å². The molecule has 0 atom stereocenters. The summed E-state index contributed by atoms with van der Waals surface area (Å²) >= 11 is 5.80. The highest BCUT2D eigenvalue weighted by atomic mass is 35.5. The van der Waals surface area contributed by atoms with Gasteiger partial charge in [-0.2, -0.15) is 4.52 Å². The Hall–Kier alpha value is -3.72. The van der Waals surface area contributed by atoms with E-state index < -0.39 is 0 Å². The van der Waals surface area contributed by atoms with Crippen molar-refractivity contribution in [2.24, 2.45) is 0 Å². The van der Waals surface area contributed by atoms with E-state index in [9.17, 15) is 9.18 Å². The number of amides is 1. The zero-order valence-corrected chi connectivity index (χ0v) is 16.9. The molecule has 4 rings (SSSR count). The molecular weight excluding hydrogens is 425 g/mol. The summed E-state index contributed by atoms with van der Waals surface area (Å²) < 4.78 is 25.7. The van der Waals surface area contributed by atoms with E-state index in [1.54, 1.807) is 48.5 Å². The lowest BCUT2D eigenvalue weighted by molar-refractivity contribution is -0.123. The minimum absolute atomic E-state index is 0.117. The lowest BCUT2D eigenvalue weighted by Crippen LogP contribution is -2.32. The smallest absolute Gasteiger partial charge is 0.258 e. The Balaban J connectivity index is 1.29. The van der Waals surface area contributed by atoms with Crippen molar-refractivity contribution < 1.29 is 18.7 Å². The van der Waals surface area contributed by atoms with E-state index in [0.29, 0.717) is 33.7 Å². The largest absolute Gasteiger partial charge is 0.484 e. The fourth-order valence-corrected chi connectivity index (χ4v) is 2.83. The number of fused-ring (bicyclic) bond motifs is 1. The van der Waals surface area contributed by atoms with Gasteiger partial charge in [-0.3, -0.25) is 4.79 Å². The van der Waals surface area contributed by atoms with Crippen molar-refractivity contribution in [2.45, 2.75) is 0 Å². The number of carbonyl (C=O) groups is 1. The van der Waals surface area contributed by atoms with Crippen LogP contribution in [0.2, 0.25) is 5.02 Å². The van der Waals surface area contributed by atoms with Crippen LogP contribution in [0, 0.1) is 5.82 Å². The van der Waals surface area contributed by atoms with Crippen LogP contribution in [-0.2, 0) is 4.79 Å². The van der Waals surface area contributed by atoms with Crippen molar-refractivity contribution in [3.05, 3.63) is 71.5 Å². The quantitative estimate of drug-likeness (QED) is 0.422. The number of ether oxygens (including phenoxy) is 2. The summed E-state index contributed by atoms with van der Waals surface area (Å²) in [5, 5.41) is 15.8. The van der Waals surface area contributed by atoms with Crippen LogP contribution in [-0.4, -0.2) is 45.5 Å². The van der Waals surface area contributed by atoms with Gasteiger partial charge in [0, 0.05) is 16.7 Å². The van der Waals surface area contributed by atoms with E-state index in [1.807, 2.05) is 0 Å². The Labute approximate surface area is 181 Å². The Bertz CT molecular complexity index is 1180. The molecule has 2 aromatic carbocycles. The molecule has 1 amide bonds. The third-order valence-electron chi connectivity index (χ3n) is 4.20. The standard InChI is InChI=1S/C21H17ClFN5O3/c22-15-3-7-17(8-4-15)31-13-19(29)24-11-12-30-20-10-9-18-25-26-21(28(18)27-20)14-1-5-16(23)6-2-14/h1-10H,11-13H2,(H,24,29). The van der Waals surface area contributed by atoms with Gasteiger partial charge in [-0.25, -0.2) is 4.39 Å². The van der Waals surface area contributed by atoms with Crippen molar-refractivity contribution in [1.29, 1.82) is 0 Å². The van der Waals surface area contributed by atoms with Gasteiger partial charge in [0.25, 0.3) is 5.91 Å². The Kier molecular flexibility index (Phi) is 6.23. The first-order valence-electron chi connectivity index (χ1n) is 9.35. The fraction of sp³-hybridized carbons (Fsp3) is 0.143. The highest BCUT2D eigenvalue weighted by Gasteiger charge is 2.11. The zero-order chi connectivity index (χ0) is 21.6. The number of rotatable bonds is 8. The zero-order valence-electron chi connectivity index (χ0n) is 16.2. The maximum Gasteiger partial charge on any atom is 0.258 e. The van der Waals surface area contributed by atoms with E-state index in [4.69, 9.17) is 21.1 Å². The molecule has 4 aromatic rings. The molecule has 0 bridgehead atoms. The first-order chi connectivity index (χ1) is 15.1. The average Bonchev–Trinajstić information content (AvgIpc) is 3.20. The number of benzene rings is 2. The monoisotopic (exact) mass is 441 g/mol. The van der Waals surface area contributed by atoms with E-state index in [1.165, 1.54) is 16.6 Å². The number of carbonyl (C=O) groups excluding carboxylic acids is 1. The first kappa shape index (κ1) is 20.5. The summed E-state index contributed by atoms with van der Waals surface area (Å²) in [5.41, 5.74) is 1.20. The van der Waals surface area contributed by atoms with Crippen molar-refractivity contribution in [1.82, 2.24) is 25.1 Å². The van der Waals surface area contributed by atoms with Gasteiger partial charge in [0.15, 0.2) is 18.1 Å². The molecule has 0 radical (unpaired) electrons. The molecule has 0 aliphatic carbocycles. The molecule has 0 saturated heterocycles. The molecule has 0 unspecified atom stereocenters. The summed E-state index contributed by atoms with van der Waals surface area (Å²) in [6, 6.07) is 16.0. The molecule has 0 fully saturated rings. The summed E-state index contributed by atoms with van der Waals surface area (Å²) in [7, 11) is 0. The molecule has 1 N–H and O–H groups in total. The number of aromatic nitrogens is 4. The number of halogens is 2. The molecule has 10 heteroatoms. The summed E-state index contributed by atoms with van der Waals surface area (Å²) in [6.07, 6.45) is 0. The van der Waals surface area contributed by atoms with Crippen LogP contribution in [0.25, 0.3) is 17.0 Å². The summed E-state index contributed by atoms with van der Waals surface area (Å²) in [6.45, 7) is 0.363. The molecule has 0 aliphatic rings. The predicted molar refractivity (Wildman–Crippen MR) is 112 cm³/mol. The van der Waals surface area contributed by atoms with E-state index >= 15 is 0 Å². The van der Waals surface area contributed by atoms with E-state index in [0.717, 1.165) is 0 Å². The van der Waals surface area contributed by atoms with Crippen molar-refractivity contribution in [3.8, 4) is 23.0 Å². The van der Waals surface area contributed by atoms with Gasteiger partial charge in [0.1, 0.15) is 18.2 Å². The van der Waals surface area contributed by atoms with Gasteiger partial charge in [0.2, 0.25) is 5.88 Å². The minimum atomic E-state index is -0.338. The maximum atomic E-state index is 13.2. The molecule has 0 saturated carbocycles. The summed E-state index contributed by atoms with van der Waals surface area (Å²) in [4.78, 5) is 11.9. The van der Waals surface area contributed by atoms with Crippen LogP contribution in [0.5, 0.6) is 11.6 Å². The molecule has 0 spiro atoms. The normalized spacial score (nSPS) is 10.8. The van der Waals surface area contributed by atoms with Gasteiger partial charge in [0.05, 0.1) is 6.54 Å². The third-order valence-corrected chi connectivity index (χ3v) is 4.45. The van der Waals surface area contributed by atoms with Gasteiger partial charge in [-0.05, 0) is 54.6 Å². The van der Waals surface area contributed by atoms with Crippen LogP contribution < -0.4 is 14.8 Å². The number of hydrogen-bond donors (Lipinski definition) is 1. The van der Waals surface area contributed by atoms with Crippen LogP contribution >= 0.6 is 11.6 Å². The topological polar surface area (TPSA) is 90.6 Å². The minimum Gasteiger partial charge on any atom is -0.484 e. The molecular formula is C21H17ClFN5O3. The van der Waals surface area contributed by atoms with Crippen molar-refractivity contribution >= 4 is 23.2 Å². The molecule has 0 aliphatic heterocycles. The highest BCUT2D eigenvalue weighted by Crippen LogP contribution is 2.19. The second-order valence-electron chi connectivity index (χ2n) is 6.41. The molecule has 31 heavy (non-hydrogen) atoms. The molecule has 158 valence electrons. The average molecular weight is 442 g/mol. The lowest BCUT2D eigenvalue weighted by Gasteiger charge is -2.09. The van der Waals surface area contributed by atoms with Gasteiger partial charge in [-0.1, -0.05) is 11.6 Å². The van der Waals surface area contributed by atoms with E-state index in [2.05, 4.69) is 20.6 Å². The number of nitrogens with one attached hydrogen (secondary N) is 1. The Morgan fingerprint density at radius 1 is 1.00 bits per heavy atom. The first-order valence-corrected chi connectivity index (χ1v) is 9.72. The van der Waals surface area contributed by atoms with Gasteiger partial charge < -0.3 is 14.8 Å². The number of nitrogens with zero attached hydrogens (tertiary/aromatic N) is 4. The second kappa shape index (κ2) is 9.40. The van der Waals surface area contributed by atoms with E-state index in [-0.39, 0.29) is 31.5 Å². The van der Waals surface area contributed by atoms with Crippen LogP contribution in [0.4, 0.5) is 4.39 Å². The Morgan fingerprint density at radius 2 is 1.77 bits per heavy atom.